The van der Waals surface area contributed by atoms with Crippen molar-refractivity contribution in [1.82, 2.24) is 15.2 Å². The molecule has 0 radical (unpaired) electrons. The summed E-state index contributed by atoms with van der Waals surface area (Å²) in [6, 6.07) is 5.00. The zero-order valence-corrected chi connectivity index (χ0v) is 18.7. The second-order valence-electron chi connectivity index (χ2n) is 5.68. The Balaban J connectivity index is 0.00000338. The molecule has 0 saturated carbocycles. The van der Waals surface area contributed by atoms with Crippen LogP contribution in [-0.4, -0.2) is 43.1 Å². The number of rotatable bonds is 7. The van der Waals surface area contributed by atoms with Crippen molar-refractivity contribution in [3.8, 4) is 5.75 Å². The van der Waals surface area contributed by atoms with Gasteiger partial charge in [-0.15, -0.1) is 35.3 Å². The first-order valence-corrected chi connectivity index (χ1v) is 9.08. The minimum atomic E-state index is -0.352. The molecule has 0 aliphatic heterocycles. The molecule has 0 bridgehead atoms. The second-order valence-corrected chi connectivity index (χ2v) is 6.99. The highest BCUT2D eigenvalue weighted by molar-refractivity contribution is 14.0. The van der Waals surface area contributed by atoms with E-state index in [4.69, 9.17) is 4.74 Å². The van der Waals surface area contributed by atoms with Crippen molar-refractivity contribution in [3.05, 3.63) is 45.7 Å². The molecule has 1 aromatic heterocycles. The standard InChI is InChI=1S/C18H25FN4OS.HI/c1-5-20-18(21-9-8-17-22-11-13(2)25-17)23(3)12-14-6-7-16(24-4)15(19)10-14;/h6-7,10-11H,5,8-9,12H2,1-4H3,(H,20,21);1H. The molecule has 144 valence electrons. The van der Waals surface area contributed by atoms with Crippen LogP contribution in [0.3, 0.4) is 0 Å². The van der Waals surface area contributed by atoms with Gasteiger partial charge in [0.15, 0.2) is 17.5 Å². The van der Waals surface area contributed by atoms with E-state index in [1.807, 2.05) is 31.1 Å². The van der Waals surface area contributed by atoms with Gasteiger partial charge >= 0.3 is 0 Å². The molecule has 8 heteroatoms. The topological polar surface area (TPSA) is 49.8 Å². The number of aliphatic imine (C=N–C) groups is 1. The summed E-state index contributed by atoms with van der Waals surface area (Å²) in [5.74, 6) is 0.701. The zero-order valence-electron chi connectivity index (χ0n) is 15.6. The number of thiazole rings is 1. The van der Waals surface area contributed by atoms with Gasteiger partial charge in [-0.2, -0.15) is 0 Å². The summed E-state index contributed by atoms with van der Waals surface area (Å²) < 4.78 is 18.8. The van der Waals surface area contributed by atoms with E-state index in [-0.39, 0.29) is 35.5 Å². The molecule has 2 rings (SSSR count). The molecule has 1 aromatic carbocycles. The quantitative estimate of drug-likeness (QED) is 0.363. The van der Waals surface area contributed by atoms with Crippen LogP contribution >= 0.6 is 35.3 Å². The molecule has 0 fully saturated rings. The molecular weight excluding hydrogens is 466 g/mol. The summed E-state index contributed by atoms with van der Waals surface area (Å²) in [6.07, 6.45) is 2.71. The van der Waals surface area contributed by atoms with Crippen LogP contribution in [0, 0.1) is 12.7 Å². The number of halogens is 2. The third kappa shape index (κ3) is 6.71. The van der Waals surface area contributed by atoms with Gasteiger partial charge < -0.3 is 15.0 Å². The number of hydrogen-bond acceptors (Lipinski definition) is 4. The molecule has 2 aromatic rings. The van der Waals surface area contributed by atoms with Crippen LogP contribution in [0.1, 0.15) is 22.4 Å². The van der Waals surface area contributed by atoms with Gasteiger partial charge in [-0.05, 0) is 31.5 Å². The highest BCUT2D eigenvalue weighted by Crippen LogP contribution is 2.18. The maximum absolute atomic E-state index is 13.8. The van der Waals surface area contributed by atoms with Crippen molar-refractivity contribution in [2.45, 2.75) is 26.8 Å². The number of ether oxygens (including phenoxy) is 1. The fourth-order valence-corrected chi connectivity index (χ4v) is 3.18. The van der Waals surface area contributed by atoms with Crippen LogP contribution in [0.2, 0.25) is 0 Å². The SMILES string of the molecule is CCNC(=NCCc1ncc(C)s1)N(C)Cc1ccc(OC)c(F)c1.I. The lowest BCUT2D eigenvalue weighted by Crippen LogP contribution is -2.38. The van der Waals surface area contributed by atoms with Crippen LogP contribution in [0.25, 0.3) is 0 Å². The van der Waals surface area contributed by atoms with Crippen LogP contribution in [0.4, 0.5) is 4.39 Å². The van der Waals surface area contributed by atoms with E-state index in [9.17, 15) is 4.39 Å². The molecule has 0 aliphatic carbocycles. The first-order chi connectivity index (χ1) is 12.0. The highest BCUT2D eigenvalue weighted by Gasteiger charge is 2.09. The Morgan fingerprint density at radius 2 is 2.19 bits per heavy atom. The number of nitrogens with zero attached hydrogens (tertiary/aromatic N) is 3. The van der Waals surface area contributed by atoms with Crippen molar-refractivity contribution < 1.29 is 9.13 Å². The largest absolute Gasteiger partial charge is 0.494 e. The van der Waals surface area contributed by atoms with Crippen molar-refractivity contribution in [3.63, 3.8) is 0 Å². The van der Waals surface area contributed by atoms with Crippen molar-refractivity contribution >= 4 is 41.3 Å². The average Bonchev–Trinajstić information content (AvgIpc) is 2.99. The Bertz CT molecular complexity index is 723. The molecule has 0 saturated heterocycles. The van der Waals surface area contributed by atoms with Crippen molar-refractivity contribution in [2.75, 3.05) is 27.2 Å². The Labute approximate surface area is 175 Å². The van der Waals surface area contributed by atoms with Gasteiger partial charge in [0.05, 0.1) is 12.1 Å². The first-order valence-electron chi connectivity index (χ1n) is 8.26. The fraction of sp³-hybridized carbons (Fsp3) is 0.444. The summed E-state index contributed by atoms with van der Waals surface area (Å²) in [7, 11) is 3.40. The van der Waals surface area contributed by atoms with Crippen LogP contribution in [0.5, 0.6) is 5.75 Å². The first kappa shape index (κ1) is 22.6. The number of nitrogens with one attached hydrogen (secondary N) is 1. The molecule has 5 nitrogen and oxygen atoms in total. The smallest absolute Gasteiger partial charge is 0.193 e. The normalized spacial score (nSPS) is 11.0. The van der Waals surface area contributed by atoms with Gasteiger partial charge in [0, 0.05) is 44.2 Å². The Kier molecular flexibility index (Phi) is 9.85. The lowest BCUT2D eigenvalue weighted by molar-refractivity contribution is 0.385. The summed E-state index contributed by atoms with van der Waals surface area (Å²) in [6.45, 7) is 6.08. The highest BCUT2D eigenvalue weighted by atomic mass is 127. The maximum Gasteiger partial charge on any atom is 0.193 e. The predicted molar refractivity (Wildman–Crippen MR) is 116 cm³/mol. The van der Waals surface area contributed by atoms with E-state index in [1.54, 1.807) is 17.4 Å². The number of guanidine groups is 1. The number of benzene rings is 1. The maximum atomic E-state index is 13.8. The van der Waals surface area contributed by atoms with E-state index in [2.05, 4.69) is 22.2 Å². The Hall–Kier alpha value is -1.42. The lowest BCUT2D eigenvalue weighted by Gasteiger charge is -2.22. The number of hydrogen-bond donors (Lipinski definition) is 1. The monoisotopic (exact) mass is 492 g/mol. The van der Waals surface area contributed by atoms with Crippen LogP contribution < -0.4 is 10.1 Å². The predicted octanol–water partition coefficient (Wildman–Crippen LogP) is 3.86. The van der Waals surface area contributed by atoms with Crippen LogP contribution in [0.15, 0.2) is 29.4 Å². The average molecular weight is 492 g/mol. The lowest BCUT2D eigenvalue weighted by atomic mass is 10.2. The van der Waals surface area contributed by atoms with E-state index in [1.165, 1.54) is 18.1 Å². The van der Waals surface area contributed by atoms with E-state index < -0.39 is 0 Å². The second kappa shape index (κ2) is 11.3. The molecular formula is C18H26FIN4OS. The Morgan fingerprint density at radius 3 is 2.77 bits per heavy atom. The van der Waals surface area contributed by atoms with E-state index in [0.29, 0.717) is 13.1 Å². The third-order valence-electron chi connectivity index (χ3n) is 3.59. The molecule has 0 amide bonds. The molecule has 26 heavy (non-hydrogen) atoms. The van der Waals surface area contributed by atoms with Gasteiger partial charge in [-0.25, -0.2) is 9.37 Å². The molecule has 0 unspecified atom stereocenters. The number of aryl methyl sites for hydroxylation is 1. The molecule has 0 spiro atoms. The molecule has 1 heterocycles. The number of methoxy groups -OCH3 is 1. The summed E-state index contributed by atoms with van der Waals surface area (Å²) in [5, 5.41) is 4.37. The molecule has 0 aliphatic rings. The van der Waals surface area contributed by atoms with Gasteiger partial charge in [0.2, 0.25) is 0 Å². The van der Waals surface area contributed by atoms with Crippen molar-refractivity contribution in [2.24, 2.45) is 4.99 Å². The summed E-state index contributed by atoms with van der Waals surface area (Å²) >= 11 is 1.70. The third-order valence-corrected chi connectivity index (χ3v) is 4.56. The summed E-state index contributed by atoms with van der Waals surface area (Å²) in [4.78, 5) is 12.2. The fourth-order valence-electron chi connectivity index (χ4n) is 2.40. The van der Waals surface area contributed by atoms with Crippen molar-refractivity contribution in [1.29, 1.82) is 0 Å². The minimum absolute atomic E-state index is 0. The molecule has 1 N–H and O–H groups in total. The van der Waals surface area contributed by atoms with Gasteiger partial charge in [0.1, 0.15) is 0 Å². The van der Waals surface area contributed by atoms with Gasteiger partial charge in [-0.3, -0.25) is 4.99 Å². The molecule has 0 atom stereocenters. The van der Waals surface area contributed by atoms with Gasteiger partial charge in [0.25, 0.3) is 0 Å². The van der Waals surface area contributed by atoms with Crippen LogP contribution in [-0.2, 0) is 13.0 Å². The van der Waals surface area contributed by atoms with E-state index in [0.717, 1.165) is 29.5 Å². The number of aromatic nitrogens is 1. The van der Waals surface area contributed by atoms with E-state index >= 15 is 0 Å². The van der Waals surface area contributed by atoms with Gasteiger partial charge in [-0.1, -0.05) is 6.07 Å². The zero-order chi connectivity index (χ0) is 18.2. The minimum Gasteiger partial charge on any atom is -0.494 e. The Morgan fingerprint density at radius 1 is 1.42 bits per heavy atom. The summed E-state index contributed by atoms with van der Waals surface area (Å²) in [5.41, 5.74) is 0.863.